The average Bonchev–Trinajstić information content (AvgIpc) is 2.88. The van der Waals surface area contributed by atoms with E-state index in [0.29, 0.717) is 22.4 Å². The van der Waals surface area contributed by atoms with E-state index in [4.69, 9.17) is 27.9 Å². The molecule has 1 aromatic carbocycles. The van der Waals surface area contributed by atoms with Crippen LogP contribution in [0.25, 0.3) is 0 Å². The van der Waals surface area contributed by atoms with E-state index in [1.165, 1.54) is 0 Å². The molecule has 0 spiro atoms. The first-order valence-electron chi connectivity index (χ1n) is 6.06. The summed E-state index contributed by atoms with van der Waals surface area (Å²) in [6.07, 6.45) is 3.63. The third-order valence-electron chi connectivity index (χ3n) is 2.95. The molecule has 102 valence electrons. The fourth-order valence-corrected chi connectivity index (χ4v) is 3.05. The summed E-state index contributed by atoms with van der Waals surface area (Å²) in [5.41, 5.74) is 2.09. The zero-order valence-corrected chi connectivity index (χ0v) is 13.2. The SMILES string of the molecule is Cc1cc(Cl)c(OCCCc2nccs2)c(Cl)c1C. The Bertz CT molecular complexity index is 555. The molecule has 0 saturated heterocycles. The van der Waals surface area contributed by atoms with Gasteiger partial charge in [0.25, 0.3) is 0 Å². The van der Waals surface area contributed by atoms with E-state index in [9.17, 15) is 0 Å². The van der Waals surface area contributed by atoms with Crippen molar-refractivity contribution >= 4 is 34.5 Å². The lowest BCUT2D eigenvalue weighted by Crippen LogP contribution is -2.01. The van der Waals surface area contributed by atoms with Crippen molar-refractivity contribution < 1.29 is 4.74 Å². The highest BCUT2D eigenvalue weighted by atomic mass is 35.5. The van der Waals surface area contributed by atoms with Crippen molar-refractivity contribution in [2.45, 2.75) is 26.7 Å². The normalized spacial score (nSPS) is 10.7. The zero-order valence-electron chi connectivity index (χ0n) is 10.9. The maximum atomic E-state index is 6.26. The molecule has 2 aromatic rings. The maximum Gasteiger partial charge on any atom is 0.156 e. The van der Waals surface area contributed by atoms with Crippen LogP contribution in [0, 0.1) is 13.8 Å². The van der Waals surface area contributed by atoms with Crippen LogP contribution >= 0.6 is 34.5 Å². The summed E-state index contributed by atoms with van der Waals surface area (Å²) in [7, 11) is 0. The van der Waals surface area contributed by atoms with Gasteiger partial charge in [-0.15, -0.1) is 11.3 Å². The van der Waals surface area contributed by atoms with Gasteiger partial charge in [0.15, 0.2) is 5.75 Å². The summed E-state index contributed by atoms with van der Waals surface area (Å²) < 4.78 is 5.71. The molecule has 0 aliphatic heterocycles. The first-order valence-corrected chi connectivity index (χ1v) is 7.69. The van der Waals surface area contributed by atoms with Gasteiger partial charge in [0, 0.05) is 18.0 Å². The van der Waals surface area contributed by atoms with Gasteiger partial charge in [-0.3, -0.25) is 0 Å². The third-order valence-corrected chi connectivity index (χ3v) is 4.52. The third kappa shape index (κ3) is 3.62. The van der Waals surface area contributed by atoms with Crippen molar-refractivity contribution in [2.24, 2.45) is 0 Å². The summed E-state index contributed by atoms with van der Waals surface area (Å²) in [6.45, 7) is 4.54. The number of nitrogens with zero attached hydrogens (tertiary/aromatic N) is 1. The number of aromatic nitrogens is 1. The molecule has 1 heterocycles. The lowest BCUT2D eigenvalue weighted by molar-refractivity contribution is 0.311. The van der Waals surface area contributed by atoms with Crippen molar-refractivity contribution in [3.8, 4) is 5.75 Å². The molecule has 0 amide bonds. The number of rotatable bonds is 5. The van der Waals surface area contributed by atoms with Crippen LogP contribution in [0.15, 0.2) is 17.6 Å². The van der Waals surface area contributed by atoms with Crippen LogP contribution in [-0.2, 0) is 6.42 Å². The summed E-state index contributed by atoms with van der Waals surface area (Å²) in [5, 5.41) is 4.29. The van der Waals surface area contributed by atoms with Gasteiger partial charge in [-0.2, -0.15) is 0 Å². The molecule has 2 nitrogen and oxygen atoms in total. The molecule has 0 aliphatic rings. The molecule has 0 radical (unpaired) electrons. The molecular formula is C14H15Cl2NOS. The fraction of sp³-hybridized carbons (Fsp3) is 0.357. The lowest BCUT2D eigenvalue weighted by Gasteiger charge is -2.13. The van der Waals surface area contributed by atoms with Gasteiger partial charge in [0.05, 0.1) is 21.7 Å². The van der Waals surface area contributed by atoms with Crippen LogP contribution in [0.1, 0.15) is 22.6 Å². The van der Waals surface area contributed by atoms with Crippen molar-refractivity contribution in [1.82, 2.24) is 4.98 Å². The first kappa shape index (κ1) is 14.6. The molecule has 1 aromatic heterocycles. The smallest absolute Gasteiger partial charge is 0.156 e. The van der Waals surface area contributed by atoms with Gasteiger partial charge in [-0.1, -0.05) is 23.2 Å². The van der Waals surface area contributed by atoms with E-state index < -0.39 is 0 Å². The number of halogens is 2. The first-order chi connectivity index (χ1) is 9.09. The highest BCUT2D eigenvalue weighted by Gasteiger charge is 2.12. The Balaban J connectivity index is 1.94. The Kier molecular flexibility index (Phi) is 5.08. The molecule has 0 unspecified atom stereocenters. The molecule has 0 N–H and O–H groups in total. The molecule has 0 fully saturated rings. The van der Waals surface area contributed by atoms with E-state index in [0.717, 1.165) is 29.0 Å². The van der Waals surface area contributed by atoms with Crippen molar-refractivity contribution in [2.75, 3.05) is 6.61 Å². The van der Waals surface area contributed by atoms with E-state index in [1.807, 2.05) is 31.5 Å². The molecule has 19 heavy (non-hydrogen) atoms. The number of hydrogen-bond acceptors (Lipinski definition) is 3. The van der Waals surface area contributed by atoms with Crippen molar-refractivity contribution in [3.05, 3.63) is 43.8 Å². The molecule has 0 saturated carbocycles. The second-order valence-corrected chi connectivity index (χ2v) is 6.09. The van der Waals surface area contributed by atoms with Crippen LogP contribution < -0.4 is 4.74 Å². The Morgan fingerprint density at radius 3 is 2.79 bits per heavy atom. The highest BCUT2D eigenvalue weighted by Crippen LogP contribution is 2.37. The summed E-state index contributed by atoms with van der Waals surface area (Å²) >= 11 is 14.1. The van der Waals surface area contributed by atoms with Crippen LogP contribution in [0.3, 0.4) is 0 Å². The van der Waals surface area contributed by atoms with Crippen LogP contribution in [-0.4, -0.2) is 11.6 Å². The summed E-state index contributed by atoms with van der Waals surface area (Å²) in [4.78, 5) is 4.23. The minimum atomic E-state index is 0.572. The molecular weight excluding hydrogens is 301 g/mol. The monoisotopic (exact) mass is 315 g/mol. The van der Waals surface area contributed by atoms with Crippen molar-refractivity contribution in [3.63, 3.8) is 0 Å². The predicted octanol–water partition coefficient (Wildman–Crippen LogP) is 5.08. The second kappa shape index (κ2) is 6.60. The summed E-state index contributed by atoms with van der Waals surface area (Å²) in [6, 6.07) is 1.89. The van der Waals surface area contributed by atoms with E-state index in [2.05, 4.69) is 4.98 Å². The van der Waals surface area contributed by atoms with Gasteiger partial charge in [-0.25, -0.2) is 4.98 Å². The second-order valence-electron chi connectivity index (χ2n) is 4.32. The summed E-state index contributed by atoms with van der Waals surface area (Å²) in [5.74, 6) is 0.588. The largest absolute Gasteiger partial charge is 0.490 e. The van der Waals surface area contributed by atoms with Gasteiger partial charge in [0.1, 0.15) is 0 Å². The van der Waals surface area contributed by atoms with Gasteiger partial charge in [-0.05, 0) is 37.5 Å². The number of hydrogen-bond donors (Lipinski definition) is 0. The number of aryl methyl sites for hydroxylation is 2. The van der Waals surface area contributed by atoms with Gasteiger partial charge >= 0.3 is 0 Å². The lowest BCUT2D eigenvalue weighted by atomic mass is 10.1. The minimum Gasteiger partial charge on any atom is -0.490 e. The quantitative estimate of drug-likeness (QED) is 0.718. The maximum absolute atomic E-state index is 6.26. The van der Waals surface area contributed by atoms with Gasteiger partial charge in [0.2, 0.25) is 0 Å². The van der Waals surface area contributed by atoms with Crippen molar-refractivity contribution in [1.29, 1.82) is 0 Å². The number of benzene rings is 1. The molecule has 0 aliphatic carbocycles. The molecule has 5 heteroatoms. The van der Waals surface area contributed by atoms with Crippen LogP contribution in [0.2, 0.25) is 10.0 Å². The van der Waals surface area contributed by atoms with E-state index in [-0.39, 0.29) is 0 Å². The Morgan fingerprint density at radius 2 is 2.11 bits per heavy atom. The molecule has 2 rings (SSSR count). The predicted molar refractivity (Wildman–Crippen MR) is 81.9 cm³/mol. The standard InChI is InChI=1S/C14H15Cl2NOS/c1-9-8-11(15)14(13(16)10(9)2)18-6-3-4-12-17-5-7-19-12/h5,7-8H,3-4,6H2,1-2H3. The Morgan fingerprint density at radius 1 is 1.32 bits per heavy atom. The highest BCUT2D eigenvalue weighted by molar-refractivity contribution is 7.09. The van der Waals surface area contributed by atoms with Gasteiger partial charge < -0.3 is 4.74 Å². The topological polar surface area (TPSA) is 22.1 Å². The fourth-order valence-electron chi connectivity index (χ4n) is 1.72. The number of ether oxygens (including phenoxy) is 1. The van der Waals surface area contributed by atoms with Crippen LogP contribution in [0.5, 0.6) is 5.75 Å². The molecule has 0 bridgehead atoms. The Labute approximate surface area is 127 Å². The van der Waals surface area contributed by atoms with Crippen LogP contribution in [0.4, 0.5) is 0 Å². The van der Waals surface area contributed by atoms with E-state index in [1.54, 1.807) is 11.3 Å². The number of thiazole rings is 1. The zero-order chi connectivity index (χ0) is 13.8. The Hall–Kier alpha value is -0.770. The molecule has 0 atom stereocenters. The average molecular weight is 316 g/mol. The minimum absolute atomic E-state index is 0.572. The van der Waals surface area contributed by atoms with E-state index >= 15 is 0 Å².